The molecule has 1 unspecified atom stereocenters. The Labute approximate surface area is 111 Å². The summed E-state index contributed by atoms with van der Waals surface area (Å²) in [5, 5.41) is 21.3. The van der Waals surface area contributed by atoms with E-state index in [4.69, 9.17) is 0 Å². The maximum absolute atomic E-state index is 10.3. The van der Waals surface area contributed by atoms with Gasteiger partial charge in [-0.05, 0) is 25.0 Å². The van der Waals surface area contributed by atoms with Crippen molar-refractivity contribution in [3.05, 3.63) is 29.3 Å². The van der Waals surface area contributed by atoms with Crippen molar-refractivity contribution in [2.75, 3.05) is 0 Å². The van der Waals surface area contributed by atoms with Crippen molar-refractivity contribution in [3.63, 3.8) is 0 Å². The van der Waals surface area contributed by atoms with Gasteiger partial charge in [0.05, 0.1) is 26.9 Å². The average molecular weight is 265 g/mol. The summed E-state index contributed by atoms with van der Waals surface area (Å²) in [5.74, 6) is 0. The van der Waals surface area contributed by atoms with Gasteiger partial charge in [0.25, 0.3) is 0 Å². The Hall–Kier alpha value is -0.970. The first kappa shape index (κ1) is 13.5. The summed E-state index contributed by atoms with van der Waals surface area (Å²) < 4.78 is 1.12. The molecule has 0 spiro atoms. The van der Waals surface area contributed by atoms with Crippen molar-refractivity contribution in [1.82, 2.24) is 4.98 Å². The van der Waals surface area contributed by atoms with Gasteiger partial charge in [-0.1, -0.05) is 26.0 Å². The lowest BCUT2D eigenvalue weighted by Crippen LogP contribution is -2.42. The fraction of sp³-hybridized carbons (Fsp3) is 0.500. The smallest absolute Gasteiger partial charge is 0.0965 e. The third-order valence-corrected chi connectivity index (χ3v) is 4.61. The summed E-state index contributed by atoms with van der Waals surface area (Å²) in [4.78, 5) is 4.48. The van der Waals surface area contributed by atoms with Crippen molar-refractivity contribution in [2.45, 2.75) is 44.8 Å². The molecule has 0 saturated carbocycles. The van der Waals surface area contributed by atoms with Gasteiger partial charge in [-0.2, -0.15) is 0 Å². The van der Waals surface area contributed by atoms with Gasteiger partial charge in [-0.25, -0.2) is 4.98 Å². The largest absolute Gasteiger partial charge is 0.390 e. The number of aliphatic hydroxyl groups excluding tert-OH is 1. The summed E-state index contributed by atoms with van der Waals surface area (Å²) in [6.07, 6.45) is 0.760. The number of thiazole rings is 1. The van der Waals surface area contributed by atoms with Crippen LogP contribution in [0.15, 0.2) is 24.3 Å². The first-order valence-corrected chi connectivity index (χ1v) is 7.15. The fourth-order valence-corrected chi connectivity index (χ4v) is 3.09. The van der Waals surface area contributed by atoms with Gasteiger partial charge in [0.15, 0.2) is 0 Å². The minimum Gasteiger partial charge on any atom is -0.390 e. The monoisotopic (exact) mass is 265 g/mol. The highest BCUT2D eigenvalue weighted by Gasteiger charge is 2.32. The van der Waals surface area contributed by atoms with E-state index in [1.165, 1.54) is 0 Å². The molecule has 3 nitrogen and oxygen atoms in total. The zero-order chi connectivity index (χ0) is 13.2. The van der Waals surface area contributed by atoms with Crippen LogP contribution in [0.3, 0.4) is 0 Å². The van der Waals surface area contributed by atoms with Gasteiger partial charge < -0.3 is 10.2 Å². The van der Waals surface area contributed by atoms with Crippen LogP contribution >= 0.6 is 11.3 Å². The van der Waals surface area contributed by atoms with Gasteiger partial charge in [0, 0.05) is 6.42 Å². The highest BCUT2D eigenvalue weighted by atomic mass is 32.1. The third-order valence-electron chi connectivity index (χ3n) is 3.55. The molecule has 0 radical (unpaired) electrons. The van der Waals surface area contributed by atoms with Crippen LogP contribution in [-0.4, -0.2) is 26.9 Å². The summed E-state index contributed by atoms with van der Waals surface area (Å²) >= 11 is 1.58. The van der Waals surface area contributed by atoms with Gasteiger partial charge in [0.1, 0.15) is 0 Å². The highest BCUT2D eigenvalue weighted by molar-refractivity contribution is 7.18. The summed E-state index contributed by atoms with van der Waals surface area (Å²) in [7, 11) is 0. The van der Waals surface area contributed by atoms with E-state index in [1.807, 2.05) is 38.1 Å². The molecule has 0 bridgehead atoms. The molecule has 0 fully saturated rings. The first-order chi connectivity index (χ1) is 8.59. The SMILES string of the molecule is CCC(O)(CC)C(O)Cc1nc2ccccc2s1. The summed E-state index contributed by atoms with van der Waals surface area (Å²) in [6, 6.07) is 7.92. The van der Waals surface area contributed by atoms with Crippen molar-refractivity contribution >= 4 is 21.6 Å². The minimum absolute atomic E-state index is 0.414. The van der Waals surface area contributed by atoms with Crippen LogP contribution in [0, 0.1) is 0 Å². The number of benzene rings is 1. The maximum atomic E-state index is 10.3. The number of fused-ring (bicyclic) bond motifs is 1. The van der Waals surface area contributed by atoms with E-state index in [9.17, 15) is 10.2 Å². The molecule has 0 amide bonds. The number of para-hydroxylation sites is 1. The molecule has 0 aliphatic carbocycles. The van der Waals surface area contributed by atoms with E-state index in [-0.39, 0.29) is 0 Å². The van der Waals surface area contributed by atoms with Crippen LogP contribution in [0.1, 0.15) is 31.7 Å². The lowest BCUT2D eigenvalue weighted by atomic mass is 9.89. The lowest BCUT2D eigenvalue weighted by molar-refractivity contribution is -0.0790. The second-order valence-electron chi connectivity index (χ2n) is 4.61. The summed E-state index contributed by atoms with van der Waals surface area (Å²) in [5.41, 5.74) is -0.0426. The zero-order valence-electron chi connectivity index (χ0n) is 10.8. The van der Waals surface area contributed by atoms with Crippen molar-refractivity contribution < 1.29 is 10.2 Å². The quantitative estimate of drug-likeness (QED) is 0.874. The molecular weight excluding hydrogens is 246 g/mol. The van der Waals surface area contributed by atoms with Crippen LogP contribution in [0.4, 0.5) is 0 Å². The third kappa shape index (κ3) is 2.55. The van der Waals surface area contributed by atoms with Crippen molar-refractivity contribution in [1.29, 1.82) is 0 Å². The van der Waals surface area contributed by atoms with Crippen LogP contribution in [-0.2, 0) is 6.42 Å². The molecule has 1 aromatic carbocycles. The molecule has 0 aliphatic heterocycles. The van der Waals surface area contributed by atoms with Gasteiger partial charge in [-0.15, -0.1) is 11.3 Å². The Morgan fingerprint density at radius 3 is 2.56 bits per heavy atom. The van der Waals surface area contributed by atoms with Gasteiger partial charge >= 0.3 is 0 Å². The van der Waals surface area contributed by atoms with E-state index >= 15 is 0 Å². The second kappa shape index (κ2) is 5.34. The van der Waals surface area contributed by atoms with Gasteiger partial charge in [-0.3, -0.25) is 0 Å². The zero-order valence-corrected chi connectivity index (χ0v) is 11.6. The Bertz CT molecular complexity index is 486. The normalized spacial score (nSPS) is 14.0. The molecular formula is C14H19NO2S. The Morgan fingerprint density at radius 1 is 1.28 bits per heavy atom. The number of aromatic nitrogens is 1. The summed E-state index contributed by atoms with van der Waals surface area (Å²) in [6.45, 7) is 3.79. The number of rotatable bonds is 5. The maximum Gasteiger partial charge on any atom is 0.0965 e. The van der Waals surface area contributed by atoms with Crippen LogP contribution in [0.5, 0.6) is 0 Å². The Balaban J connectivity index is 2.18. The lowest BCUT2D eigenvalue weighted by Gasteiger charge is -2.30. The molecule has 1 aromatic heterocycles. The molecule has 1 atom stereocenters. The van der Waals surface area contributed by atoms with E-state index in [0.717, 1.165) is 15.2 Å². The molecule has 98 valence electrons. The second-order valence-corrected chi connectivity index (χ2v) is 5.72. The number of hydrogen-bond acceptors (Lipinski definition) is 4. The van der Waals surface area contributed by atoms with Crippen molar-refractivity contribution in [2.24, 2.45) is 0 Å². The molecule has 18 heavy (non-hydrogen) atoms. The number of aliphatic hydroxyl groups is 2. The fourth-order valence-electron chi connectivity index (χ4n) is 2.08. The standard InChI is InChI=1S/C14H19NO2S/c1-3-14(17,4-2)12(16)9-13-15-10-7-5-6-8-11(10)18-13/h5-8,12,16-17H,3-4,9H2,1-2H3. The highest BCUT2D eigenvalue weighted by Crippen LogP contribution is 2.27. The predicted octanol–water partition coefficient (Wildman–Crippen LogP) is 2.75. The number of hydrogen-bond donors (Lipinski definition) is 2. The molecule has 2 rings (SSSR count). The van der Waals surface area contributed by atoms with E-state index in [2.05, 4.69) is 4.98 Å². The van der Waals surface area contributed by atoms with Crippen LogP contribution in [0.2, 0.25) is 0 Å². The first-order valence-electron chi connectivity index (χ1n) is 6.34. The van der Waals surface area contributed by atoms with E-state index in [0.29, 0.717) is 19.3 Å². The molecule has 4 heteroatoms. The topological polar surface area (TPSA) is 53.4 Å². The predicted molar refractivity (Wildman–Crippen MR) is 74.9 cm³/mol. The number of nitrogens with zero attached hydrogens (tertiary/aromatic N) is 1. The van der Waals surface area contributed by atoms with Crippen molar-refractivity contribution in [3.8, 4) is 0 Å². The van der Waals surface area contributed by atoms with Crippen LogP contribution < -0.4 is 0 Å². The van der Waals surface area contributed by atoms with Gasteiger partial charge in [0.2, 0.25) is 0 Å². The molecule has 2 aromatic rings. The minimum atomic E-state index is -1.00. The van der Waals surface area contributed by atoms with Crippen LogP contribution in [0.25, 0.3) is 10.2 Å². The van der Waals surface area contributed by atoms with E-state index < -0.39 is 11.7 Å². The molecule has 0 aliphatic rings. The molecule has 2 N–H and O–H groups in total. The molecule has 1 heterocycles. The Morgan fingerprint density at radius 2 is 1.94 bits per heavy atom. The Kier molecular flexibility index (Phi) is 4.00. The van der Waals surface area contributed by atoms with E-state index in [1.54, 1.807) is 11.3 Å². The average Bonchev–Trinajstić information content (AvgIpc) is 2.79. The molecule has 0 saturated heterocycles.